The Morgan fingerprint density at radius 3 is 3.33 bits per heavy atom. The molecule has 0 fully saturated rings. The van der Waals surface area contributed by atoms with E-state index >= 15 is 0 Å². The summed E-state index contributed by atoms with van der Waals surface area (Å²) in [5, 5.41) is 2.88. The lowest BCUT2D eigenvalue weighted by Gasteiger charge is -1.87. The topological polar surface area (TPSA) is 41.1 Å². The van der Waals surface area contributed by atoms with Crippen LogP contribution < -0.4 is 10.3 Å². The van der Waals surface area contributed by atoms with Crippen molar-refractivity contribution in [1.29, 1.82) is 0 Å². The first-order valence-corrected chi connectivity index (χ1v) is 4.42. The van der Waals surface area contributed by atoms with E-state index in [-0.39, 0.29) is 0 Å². The van der Waals surface area contributed by atoms with Crippen molar-refractivity contribution in [2.75, 3.05) is 5.43 Å². The molecule has 9 heavy (non-hydrogen) atoms. The number of rotatable bonds is 0. The van der Waals surface area contributed by atoms with Crippen molar-refractivity contribution < 1.29 is 4.21 Å². The highest BCUT2D eigenvalue weighted by molar-refractivity contribution is 7.84. The molecule has 0 aromatic carbocycles. The highest BCUT2D eigenvalue weighted by Crippen LogP contribution is 2.28. The van der Waals surface area contributed by atoms with E-state index in [1.54, 1.807) is 11.3 Å². The standard InChI is InChI=1S/C4H4N2OS2/c7-9-3-1-2-8-4(3)5-6-9/h1-2,5-6H. The molecular formula is C4H4N2OS2. The monoisotopic (exact) mass is 160 g/mol. The molecule has 1 aliphatic heterocycles. The van der Waals surface area contributed by atoms with E-state index < -0.39 is 11.0 Å². The molecule has 1 aromatic heterocycles. The molecule has 0 radical (unpaired) electrons. The zero-order valence-corrected chi connectivity index (χ0v) is 6.01. The van der Waals surface area contributed by atoms with Crippen molar-refractivity contribution in [3.05, 3.63) is 11.4 Å². The van der Waals surface area contributed by atoms with Gasteiger partial charge in [0.25, 0.3) is 0 Å². The molecule has 0 amide bonds. The van der Waals surface area contributed by atoms with Gasteiger partial charge in [0.15, 0.2) is 0 Å². The summed E-state index contributed by atoms with van der Waals surface area (Å²) in [5.41, 5.74) is 2.80. The third kappa shape index (κ3) is 0.692. The summed E-state index contributed by atoms with van der Waals surface area (Å²) in [4.78, 5) is 3.46. The van der Waals surface area contributed by atoms with Crippen molar-refractivity contribution in [3.8, 4) is 0 Å². The van der Waals surface area contributed by atoms with Gasteiger partial charge in [0, 0.05) is 0 Å². The van der Waals surface area contributed by atoms with Crippen molar-refractivity contribution >= 4 is 27.3 Å². The number of hydrogen-bond acceptors (Lipinski definition) is 3. The van der Waals surface area contributed by atoms with Crippen LogP contribution >= 0.6 is 11.3 Å². The van der Waals surface area contributed by atoms with Gasteiger partial charge in [-0.05, 0) is 11.4 Å². The molecule has 1 aliphatic rings. The zero-order chi connectivity index (χ0) is 6.27. The largest absolute Gasteiger partial charge is 0.300 e. The summed E-state index contributed by atoms with van der Waals surface area (Å²) in [6, 6.07) is 1.85. The molecule has 3 nitrogen and oxygen atoms in total. The van der Waals surface area contributed by atoms with Crippen molar-refractivity contribution in [2.24, 2.45) is 0 Å². The second-order valence-corrected chi connectivity index (χ2v) is 3.71. The zero-order valence-electron chi connectivity index (χ0n) is 4.38. The molecule has 0 saturated carbocycles. The summed E-state index contributed by atoms with van der Waals surface area (Å²) in [6.45, 7) is 0. The number of anilines is 1. The van der Waals surface area contributed by atoms with Gasteiger partial charge in [-0.1, -0.05) is 0 Å². The van der Waals surface area contributed by atoms with Gasteiger partial charge in [0.1, 0.15) is 16.0 Å². The molecule has 2 rings (SSSR count). The highest BCUT2D eigenvalue weighted by Gasteiger charge is 2.17. The Hall–Kier alpha value is -0.390. The third-order valence-corrected chi connectivity index (χ3v) is 3.07. The van der Waals surface area contributed by atoms with Crippen LogP contribution in [0, 0.1) is 0 Å². The minimum Gasteiger partial charge on any atom is -0.300 e. The minimum absolute atomic E-state index is 0.861. The Kier molecular flexibility index (Phi) is 1.08. The van der Waals surface area contributed by atoms with Crippen LogP contribution in [0.5, 0.6) is 0 Å². The summed E-state index contributed by atoms with van der Waals surface area (Å²) in [6.07, 6.45) is 0. The predicted molar refractivity (Wildman–Crippen MR) is 37.5 cm³/mol. The van der Waals surface area contributed by atoms with Crippen LogP contribution in [-0.2, 0) is 11.0 Å². The predicted octanol–water partition coefficient (Wildman–Crippen LogP) is 0.701. The van der Waals surface area contributed by atoms with Crippen LogP contribution in [0.1, 0.15) is 0 Å². The summed E-state index contributed by atoms with van der Waals surface area (Å²) in [5.74, 6) is 0. The smallest absolute Gasteiger partial charge is 0.146 e. The Morgan fingerprint density at radius 2 is 2.56 bits per heavy atom. The van der Waals surface area contributed by atoms with Crippen LogP contribution in [0.15, 0.2) is 16.3 Å². The fourth-order valence-corrected chi connectivity index (χ4v) is 2.55. The van der Waals surface area contributed by atoms with Crippen molar-refractivity contribution in [1.82, 2.24) is 4.83 Å². The first kappa shape index (κ1) is 5.40. The lowest BCUT2D eigenvalue weighted by molar-refractivity contribution is 0.681. The second kappa shape index (κ2) is 1.80. The molecule has 5 heteroatoms. The van der Waals surface area contributed by atoms with Gasteiger partial charge in [-0.2, -0.15) is 0 Å². The lowest BCUT2D eigenvalue weighted by atomic mass is 10.6. The number of hydrogen-bond donors (Lipinski definition) is 2. The molecule has 0 saturated heterocycles. The van der Waals surface area contributed by atoms with E-state index in [9.17, 15) is 4.21 Å². The highest BCUT2D eigenvalue weighted by atomic mass is 32.2. The maximum atomic E-state index is 10.9. The first-order chi connectivity index (χ1) is 4.38. The maximum absolute atomic E-state index is 10.9. The van der Waals surface area contributed by atoms with E-state index in [1.807, 2.05) is 11.4 Å². The molecule has 2 N–H and O–H groups in total. The molecule has 0 bridgehead atoms. The van der Waals surface area contributed by atoms with Crippen LogP contribution in [0.3, 0.4) is 0 Å². The van der Waals surface area contributed by atoms with Gasteiger partial charge in [-0.3, -0.25) is 5.43 Å². The Morgan fingerprint density at radius 1 is 1.67 bits per heavy atom. The van der Waals surface area contributed by atoms with Crippen LogP contribution in [0.4, 0.5) is 5.00 Å². The van der Waals surface area contributed by atoms with E-state index in [2.05, 4.69) is 10.3 Å². The van der Waals surface area contributed by atoms with Gasteiger partial charge in [0.05, 0.1) is 4.90 Å². The molecule has 2 heterocycles. The lowest BCUT2D eigenvalue weighted by Crippen LogP contribution is -2.14. The summed E-state index contributed by atoms with van der Waals surface area (Å²) >= 11 is 1.55. The average Bonchev–Trinajstić information content (AvgIpc) is 2.35. The number of thiophene rings is 1. The van der Waals surface area contributed by atoms with Gasteiger partial charge in [-0.15, -0.1) is 16.2 Å². The SMILES string of the molecule is O=S1NNc2sccc21. The van der Waals surface area contributed by atoms with E-state index in [1.165, 1.54) is 0 Å². The first-order valence-electron chi connectivity index (χ1n) is 2.39. The number of nitrogens with one attached hydrogen (secondary N) is 2. The third-order valence-electron chi connectivity index (χ3n) is 1.09. The maximum Gasteiger partial charge on any atom is 0.146 e. The quantitative estimate of drug-likeness (QED) is 0.586. The Bertz CT molecular complexity index is 257. The fraction of sp³-hybridized carbons (Fsp3) is 0. The molecule has 1 unspecified atom stereocenters. The van der Waals surface area contributed by atoms with Crippen molar-refractivity contribution in [3.63, 3.8) is 0 Å². The normalized spacial score (nSPS) is 23.3. The molecule has 1 aromatic rings. The van der Waals surface area contributed by atoms with E-state index in [0.29, 0.717) is 0 Å². The Labute approximate surface area is 58.6 Å². The number of hydrazine groups is 1. The average molecular weight is 160 g/mol. The van der Waals surface area contributed by atoms with Gasteiger partial charge in [0.2, 0.25) is 0 Å². The molecule has 0 aliphatic carbocycles. The van der Waals surface area contributed by atoms with E-state index in [4.69, 9.17) is 0 Å². The molecule has 0 spiro atoms. The van der Waals surface area contributed by atoms with Gasteiger partial charge < -0.3 is 0 Å². The van der Waals surface area contributed by atoms with Crippen LogP contribution in [0.2, 0.25) is 0 Å². The molecule has 48 valence electrons. The van der Waals surface area contributed by atoms with E-state index in [0.717, 1.165) is 9.90 Å². The molecular weight excluding hydrogens is 156 g/mol. The minimum atomic E-state index is -1.02. The van der Waals surface area contributed by atoms with Crippen molar-refractivity contribution in [2.45, 2.75) is 4.90 Å². The Balaban J connectivity index is 2.61. The van der Waals surface area contributed by atoms with Gasteiger partial charge in [-0.25, -0.2) is 4.21 Å². The van der Waals surface area contributed by atoms with Crippen LogP contribution in [0.25, 0.3) is 0 Å². The van der Waals surface area contributed by atoms with Gasteiger partial charge >= 0.3 is 0 Å². The van der Waals surface area contributed by atoms with Crippen LogP contribution in [-0.4, -0.2) is 4.21 Å². The number of fused-ring (bicyclic) bond motifs is 1. The molecule has 1 atom stereocenters. The fourth-order valence-electron chi connectivity index (χ4n) is 0.682. The summed E-state index contributed by atoms with van der Waals surface area (Å²) < 4.78 is 10.9. The second-order valence-electron chi connectivity index (χ2n) is 1.61. The summed E-state index contributed by atoms with van der Waals surface area (Å²) in [7, 11) is -1.02.